The van der Waals surface area contributed by atoms with Crippen LogP contribution in [0.1, 0.15) is 18.5 Å². The Balaban J connectivity index is 1.62. The standard InChI is InChI=1S/C14H19N3O/c1-17-11(8-14(15)16-17)9-18-13-7-6-10-4-2-3-5-12(10)13/h2-5,8,10,12-13H,6-7,9H2,1H3,(H2,15,16)/t10-,12+,13+/m0/s1. The number of hydrogen-bond acceptors (Lipinski definition) is 3. The van der Waals surface area contributed by atoms with Crippen LogP contribution in [0.25, 0.3) is 0 Å². The van der Waals surface area contributed by atoms with Crippen LogP contribution in [0.4, 0.5) is 5.82 Å². The van der Waals surface area contributed by atoms with Crippen LogP contribution in [-0.2, 0) is 18.4 Å². The molecule has 3 rings (SSSR count). The summed E-state index contributed by atoms with van der Waals surface area (Å²) in [6.07, 6.45) is 11.5. The summed E-state index contributed by atoms with van der Waals surface area (Å²) in [5.74, 6) is 1.76. The Morgan fingerprint density at radius 1 is 1.39 bits per heavy atom. The number of nitrogen functional groups attached to an aromatic ring is 1. The molecule has 0 saturated heterocycles. The summed E-state index contributed by atoms with van der Waals surface area (Å²) in [6, 6.07) is 1.88. The maximum absolute atomic E-state index is 6.05. The van der Waals surface area contributed by atoms with Gasteiger partial charge in [-0.3, -0.25) is 4.68 Å². The van der Waals surface area contributed by atoms with Crippen LogP contribution in [0, 0.1) is 11.8 Å². The molecule has 0 radical (unpaired) electrons. The van der Waals surface area contributed by atoms with Crippen molar-refractivity contribution in [2.24, 2.45) is 18.9 Å². The Bertz CT molecular complexity index is 489. The van der Waals surface area contributed by atoms with E-state index in [-0.39, 0.29) is 0 Å². The average Bonchev–Trinajstić information content (AvgIpc) is 2.90. The van der Waals surface area contributed by atoms with E-state index in [1.165, 1.54) is 6.42 Å². The molecule has 3 atom stereocenters. The van der Waals surface area contributed by atoms with Gasteiger partial charge in [0.05, 0.1) is 18.4 Å². The Hall–Kier alpha value is -1.55. The monoisotopic (exact) mass is 245 g/mol. The van der Waals surface area contributed by atoms with Crippen molar-refractivity contribution in [1.29, 1.82) is 0 Å². The van der Waals surface area contributed by atoms with Gasteiger partial charge in [0.1, 0.15) is 5.82 Å². The summed E-state index contributed by atoms with van der Waals surface area (Å²) in [5, 5.41) is 4.13. The predicted molar refractivity (Wildman–Crippen MR) is 70.7 cm³/mol. The van der Waals surface area contributed by atoms with E-state index in [2.05, 4.69) is 29.4 Å². The number of aromatic nitrogens is 2. The van der Waals surface area contributed by atoms with Crippen molar-refractivity contribution < 1.29 is 4.74 Å². The third kappa shape index (κ3) is 2.08. The number of aryl methyl sites for hydroxylation is 1. The lowest BCUT2D eigenvalue weighted by molar-refractivity contribution is 0.0208. The van der Waals surface area contributed by atoms with Gasteiger partial charge in [-0.2, -0.15) is 5.10 Å². The molecule has 0 spiro atoms. The molecule has 4 heteroatoms. The lowest BCUT2D eigenvalue weighted by atomic mass is 9.91. The summed E-state index contributed by atoms with van der Waals surface area (Å²) in [6.45, 7) is 0.589. The SMILES string of the molecule is Cn1nc(N)cc1CO[C@@H]1CC[C@@H]2C=CC=C[C@H]21. The van der Waals surface area contributed by atoms with Gasteiger partial charge in [0.2, 0.25) is 0 Å². The molecule has 4 nitrogen and oxygen atoms in total. The van der Waals surface area contributed by atoms with E-state index in [0.717, 1.165) is 12.1 Å². The third-order valence-electron chi connectivity index (χ3n) is 3.95. The Kier molecular flexibility index (Phi) is 2.96. The van der Waals surface area contributed by atoms with Crippen LogP contribution in [-0.4, -0.2) is 15.9 Å². The highest BCUT2D eigenvalue weighted by Gasteiger charge is 2.34. The number of anilines is 1. The number of ether oxygens (including phenoxy) is 1. The van der Waals surface area contributed by atoms with E-state index < -0.39 is 0 Å². The topological polar surface area (TPSA) is 53.1 Å². The van der Waals surface area contributed by atoms with Crippen molar-refractivity contribution in [2.75, 3.05) is 5.73 Å². The molecule has 18 heavy (non-hydrogen) atoms. The minimum atomic E-state index is 0.326. The largest absolute Gasteiger partial charge is 0.382 e. The highest BCUT2D eigenvalue weighted by Crippen LogP contribution is 2.38. The quantitative estimate of drug-likeness (QED) is 0.886. The van der Waals surface area contributed by atoms with Crippen molar-refractivity contribution in [3.05, 3.63) is 36.1 Å². The fraction of sp³-hybridized carbons (Fsp3) is 0.500. The number of hydrogen-bond donors (Lipinski definition) is 1. The molecule has 1 aromatic heterocycles. The smallest absolute Gasteiger partial charge is 0.145 e. The molecule has 2 aliphatic rings. The summed E-state index contributed by atoms with van der Waals surface area (Å²) < 4.78 is 7.84. The first-order valence-corrected chi connectivity index (χ1v) is 6.49. The van der Waals surface area contributed by atoms with Gasteiger partial charge in [0.15, 0.2) is 0 Å². The van der Waals surface area contributed by atoms with Crippen molar-refractivity contribution in [2.45, 2.75) is 25.6 Å². The van der Waals surface area contributed by atoms with Crippen LogP contribution in [0.3, 0.4) is 0 Å². The van der Waals surface area contributed by atoms with E-state index in [4.69, 9.17) is 10.5 Å². The molecule has 2 N–H and O–H groups in total. The molecule has 0 aliphatic heterocycles. The molecular formula is C14H19N3O. The molecule has 1 aromatic rings. The molecule has 0 unspecified atom stereocenters. The normalized spacial score (nSPS) is 29.7. The van der Waals surface area contributed by atoms with Gasteiger partial charge in [0, 0.05) is 19.0 Å². The average molecular weight is 245 g/mol. The predicted octanol–water partition coefficient (Wildman–Crippen LogP) is 2.04. The van der Waals surface area contributed by atoms with Crippen molar-refractivity contribution >= 4 is 5.82 Å². The molecule has 2 aliphatic carbocycles. The fourth-order valence-corrected chi connectivity index (χ4v) is 2.96. The van der Waals surface area contributed by atoms with E-state index in [9.17, 15) is 0 Å². The zero-order chi connectivity index (χ0) is 12.5. The first kappa shape index (κ1) is 11.5. The zero-order valence-electron chi connectivity index (χ0n) is 10.6. The number of rotatable bonds is 3. The molecule has 1 fully saturated rings. The summed E-state index contributed by atoms with van der Waals surface area (Å²) in [5.41, 5.74) is 6.70. The molecule has 0 bridgehead atoms. The van der Waals surface area contributed by atoms with E-state index in [0.29, 0.717) is 30.4 Å². The van der Waals surface area contributed by atoms with Gasteiger partial charge in [-0.15, -0.1) is 0 Å². The van der Waals surface area contributed by atoms with E-state index in [1.54, 1.807) is 4.68 Å². The maximum Gasteiger partial charge on any atom is 0.145 e. The third-order valence-corrected chi connectivity index (χ3v) is 3.95. The van der Waals surface area contributed by atoms with E-state index in [1.807, 2.05) is 13.1 Å². The minimum Gasteiger partial charge on any atom is -0.382 e. The highest BCUT2D eigenvalue weighted by atomic mass is 16.5. The van der Waals surface area contributed by atoms with Crippen LogP contribution in [0.2, 0.25) is 0 Å². The fourth-order valence-electron chi connectivity index (χ4n) is 2.96. The van der Waals surface area contributed by atoms with Gasteiger partial charge >= 0.3 is 0 Å². The Morgan fingerprint density at radius 2 is 2.22 bits per heavy atom. The summed E-state index contributed by atoms with van der Waals surface area (Å²) in [4.78, 5) is 0. The number of allylic oxidation sites excluding steroid dienone is 3. The Labute approximate surface area is 107 Å². The second-order valence-electron chi connectivity index (χ2n) is 5.12. The van der Waals surface area contributed by atoms with Gasteiger partial charge in [0.25, 0.3) is 0 Å². The van der Waals surface area contributed by atoms with Crippen molar-refractivity contribution in [1.82, 2.24) is 9.78 Å². The molecule has 1 heterocycles. The van der Waals surface area contributed by atoms with Gasteiger partial charge < -0.3 is 10.5 Å². The van der Waals surface area contributed by atoms with Crippen LogP contribution in [0.5, 0.6) is 0 Å². The minimum absolute atomic E-state index is 0.326. The molecule has 96 valence electrons. The summed E-state index contributed by atoms with van der Waals surface area (Å²) >= 11 is 0. The second-order valence-corrected chi connectivity index (χ2v) is 5.12. The van der Waals surface area contributed by atoms with Gasteiger partial charge in [-0.1, -0.05) is 24.3 Å². The number of nitrogens with two attached hydrogens (primary N) is 1. The van der Waals surface area contributed by atoms with Gasteiger partial charge in [-0.25, -0.2) is 0 Å². The van der Waals surface area contributed by atoms with Crippen LogP contribution < -0.4 is 5.73 Å². The molecular weight excluding hydrogens is 226 g/mol. The second kappa shape index (κ2) is 4.61. The maximum atomic E-state index is 6.05. The first-order chi connectivity index (χ1) is 8.74. The van der Waals surface area contributed by atoms with Crippen molar-refractivity contribution in [3.8, 4) is 0 Å². The van der Waals surface area contributed by atoms with E-state index >= 15 is 0 Å². The molecule has 0 amide bonds. The molecule has 1 saturated carbocycles. The Morgan fingerprint density at radius 3 is 3.00 bits per heavy atom. The number of fused-ring (bicyclic) bond motifs is 1. The van der Waals surface area contributed by atoms with Crippen LogP contribution in [0.15, 0.2) is 30.4 Å². The summed E-state index contributed by atoms with van der Waals surface area (Å²) in [7, 11) is 1.90. The van der Waals surface area contributed by atoms with Gasteiger partial charge in [-0.05, 0) is 18.8 Å². The van der Waals surface area contributed by atoms with Crippen LogP contribution >= 0.6 is 0 Å². The number of nitrogens with zero attached hydrogens (tertiary/aromatic N) is 2. The highest BCUT2D eigenvalue weighted by molar-refractivity contribution is 5.29. The molecule has 0 aromatic carbocycles. The first-order valence-electron chi connectivity index (χ1n) is 6.49. The lowest BCUT2D eigenvalue weighted by Gasteiger charge is -2.22. The van der Waals surface area contributed by atoms with Crippen molar-refractivity contribution in [3.63, 3.8) is 0 Å². The lowest BCUT2D eigenvalue weighted by Crippen LogP contribution is -2.21. The zero-order valence-corrected chi connectivity index (χ0v) is 10.6.